The predicted molar refractivity (Wildman–Crippen MR) is 122 cm³/mol. The van der Waals surface area contributed by atoms with Gasteiger partial charge in [-0.1, -0.05) is 59.1 Å². The first-order valence-corrected chi connectivity index (χ1v) is 10.8. The second kappa shape index (κ2) is 8.21. The van der Waals surface area contributed by atoms with E-state index in [9.17, 15) is 4.79 Å². The zero-order valence-electron chi connectivity index (χ0n) is 16.2. The van der Waals surface area contributed by atoms with E-state index in [2.05, 4.69) is 4.90 Å². The molecule has 0 fully saturated rings. The summed E-state index contributed by atoms with van der Waals surface area (Å²) in [5, 5.41) is 1.60. The van der Waals surface area contributed by atoms with Gasteiger partial charge in [-0.2, -0.15) is 0 Å². The van der Waals surface area contributed by atoms with E-state index in [-0.39, 0.29) is 11.5 Å². The molecule has 5 rings (SSSR count). The van der Waals surface area contributed by atoms with Crippen molar-refractivity contribution in [3.63, 3.8) is 0 Å². The molecule has 7 heteroatoms. The summed E-state index contributed by atoms with van der Waals surface area (Å²) in [6, 6.07) is 16.4. The number of nitrogens with zero attached hydrogens (tertiary/aromatic N) is 1. The molecule has 0 radical (unpaired) electrons. The van der Waals surface area contributed by atoms with Crippen molar-refractivity contribution in [2.75, 3.05) is 6.73 Å². The Labute approximate surface area is 194 Å². The monoisotopic (exact) mass is 471 g/mol. The number of benzene rings is 3. The molecule has 31 heavy (non-hydrogen) atoms. The lowest BCUT2D eigenvalue weighted by atomic mass is 10.0. The molecule has 0 aromatic heterocycles. The standard InChI is InChI=1S/C24H16Cl3NO3/c25-18-5-2-1-4-14(18)11-28-12-17-21(30-13-28)9-8-15-23(29)22(31-24(15)17)10-16-19(26)6-3-7-20(16)27/h1-10H,11-13H2/b22-10-. The van der Waals surface area contributed by atoms with Gasteiger partial charge in [-0.15, -0.1) is 0 Å². The molecule has 156 valence electrons. The van der Waals surface area contributed by atoms with Crippen LogP contribution in [0.4, 0.5) is 0 Å². The number of carbonyl (C=O) groups excluding carboxylic acids is 1. The van der Waals surface area contributed by atoms with Crippen LogP contribution in [0.1, 0.15) is 27.0 Å². The van der Waals surface area contributed by atoms with E-state index in [4.69, 9.17) is 44.3 Å². The van der Waals surface area contributed by atoms with E-state index in [0.717, 1.165) is 11.1 Å². The van der Waals surface area contributed by atoms with Crippen LogP contribution in [0.15, 0.2) is 60.4 Å². The Morgan fingerprint density at radius 1 is 0.935 bits per heavy atom. The first-order chi connectivity index (χ1) is 15.0. The van der Waals surface area contributed by atoms with Gasteiger partial charge >= 0.3 is 0 Å². The minimum Gasteiger partial charge on any atom is -0.478 e. The summed E-state index contributed by atoms with van der Waals surface area (Å²) in [5.41, 5.74) is 2.89. The minimum atomic E-state index is -0.211. The van der Waals surface area contributed by atoms with Crippen LogP contribution >= 0.6 is 34.8 Å². The van der Waals surface area contributed by atoms with E-state index in [0.29, 0.717) is 57.5 Å². The maximum Gasteiger partial charge on any atom is 0.231 e. The lowest BCUT2D eigenvalue weighted by molar-refractivity contribution is 0.0873. The van der Waals surface area contributed by atoms with Gasteiger partial charge in [-0.05, 0) is 42.0 Å². The normalized spacial score (nSPS) is 16.6. The Hall–Kier alpha value is -2.50. The summed E-state index contributed by atoms with van der Waals surface area (Å²) in [6.07, 6.45) is 1.59. The number of allylic oxidation sites excluding steroid dienone is 1. The largest absolute Gasteiger partial charge is 0.478 e. The third-order valence-corrected chi connectivity index (χ3v) is 6.34. The third-order valence-electron chi connectivity index (χ3n) is 5.31. The number of ketones is 1. The molecule has 0 amide bonds. The van der Waals surface area contributed by atoms with Gasteiger partial charge in [0.05, 0.1) is 11.1 Å². The number of carbonyl (C=O) groups is 1. The molecule has 0 aliphatic carbocycles. The van der Waals surface area contributed by atoms with Gasteiger partial charge in [0.2, 0.25) is 5.78 Å². The van der Waals surface area contributed by atoms with Crippen LogP contribution in [-0.4, -0.2) is 17.4 Å². The number of hydrogen-bond acceptors (Lipinski definition) is 4. The average molecular weight is 473 g/mol. The molecule has 0 atom stereocenters. The summed E-state index contributed by atoms with van der Waals surface area (Å²) in [6.45, 7) is 1.61. The maximum atomic E-state index is 13.0. The fourth-order valence-corrected chi connectivity index (χ4v) is 4.46. The second-order valence-corrected chi connectivity index (χ2v) is 8.57. The molecule has 0 saturated carbocycles. The van der Waals surface area contributed by atoms with Gasteiger partial charge in [0, 0.05) is 33.7 Å². The number of fused-ring (bicyclic) bond motifs is 3. The zero-order valence-corrected chi connectivity index (χ0v) is 18.5. The van der Waals surface area contributed by atoms with Gasteiger partial charge in [-0.25, -0.2) is 0 Å². The van der Waals surface area contributed by atoms with Crippen LogP contribution < -0.4 is 9.47 Å². The molecule has 0 unspecified atom stereocenters. The highest BCUT2D eigenvalue weighted by atomic mass is 35.5. The lowest BCUT2D eigenvalue weighted by Crippen LogP contribution is -2.31. The summed E-state index contributed by atoms with van der Waals surface area (Å²) in [7, 11) is 0. The molecule has 0 spiro atoms. The molecule has 3 aromatic carbocycles. The van der Waals surface area contributed by atoms with E-state index < -0.39 is 0 Å². The van der Waals surface area contributed by atoms with Crippen LogP contribution in [0.25, 0.3) is 6.08 Å². The SMILES string of the molecule is O=C1/C(=C/c2c(Cl)cccc2Cl)Oc2c1ccc1c2CN(Cc2ccccc2Cl)CO1. The van der Waals surface area contributed by atoms with E-state index >= 15 is 0 Å². The molecule has 0 bridgehead atoms. The van der Waals surface area contributed by atoms with Crippen molar-refractivity contribution in [2.24, 2.45) is 0 Å². The van der Waals surface area contributed by atoms with Gasteiger partial charge < -0.3 is 9.47 Å². The van der Waals surface area contributed by atoms with Crippen LogP contribution in [0, 0.1) is 0 Å². The molecular formula is C24H16Cl3NO3. The highest BCUT2D eigenvalue weighted by Gasteiger charge is 2.34. The minimum absolute atomic E-state index is 0.182. The smallest absolute Gasteiger partial charge is 0.231 e. The first-order valence-electron chi connectivity index (χ1n) is 9.64. The van der Waals surface area contributed by atoms with Gasteiger partial charge in [0.1, 0.15) is 18.2 Å². The highest BCUT2D eigenvalue weighted by Crippen LogP contribution is 2.43. The third kappa shape index (κ3) is 3.81. The number of ether oxygens (including phenoxy) is 2. The average Bonchev–Trinajstić information content (AvgIpc) is 3.08. The van der Waals surface area contributed by atoms with Crippen molar-refractivity contribution in [3.05, 3.63) is 97.7 Å². The predicted octanol–water partition coefficient (Wildman–Crippen LogP) is 6.62. The Kier molecular flexibility index (Phi) is 5.40. The summed E-state index contributed by atoms with van der Waals surface area (Å²) >= 11 is 18.8. The van der Waals surface area contributed by atoms with Crippen molar-refractivity contribution in [1.82, 2.24) is 4.90 Å². The second-order valence-electron chi connectivity index (χ2n) is 7.35. The Bertz CT molecular complexity index is 1220. The summed E-state index contributed by atoms with van der Waals surface area (Å²) in [4.78, 5) is 15.1. The van der Waals surface area contributed by atoms with E-state index in [1.165, 1.54) is 0 Å². The summed E-state index contributed by atoms with van der Waals surface area (Å²) in [5.74, 6) is 1.19. The Morgan fingerprint density at radius 3 is 2.45 bits per heavy atom. The number of Topliss-reactive ketones (excluding diaryl/α,β-unsaturated/α-hetero) is 1. The lowest BCUT2D eigenvalue weighted by Gasteiger charge is -2.30. The fourth-order valence-electron chi connectivity index (χ4n) is 3.75. The quantitative estimate of drug-likeness (QED) is 0.402. The van der Waals surface area contributed by atoms with Crippen LogP contribution in [-0.2, 0) is 13.1 Å². The van der Waals surface area contributed by atoms with E-state index in [1.807, 2.05) is 30.3 Å². The molecule has 3 aromatic rings. The number of rotatable bonds is 3. The molecule has 4 nitrogen and oxygen atoms in total. The molecular weight excluding hydrogens is 457 g/mol. The van der Waals surface area contributed by atoms with Gasteiger partial charge in [0.25, 0.3) is 0 Å². The van der Waals surface area contributed by atoms with Crippen LogP contribution in [0.2, 0.25) is 15.1 Å². The van der Waals surface area contributed by atoms with Crippen LogP contribution in [0.5, 0.6) is 11.5 Å². The Balaban J connectivity index is 1.46. The fraction of sp³-hybridized carbons (Fsp3) is 0.125. The molecule has 2 aliphatic heterocycles. The van der Waals surface area contributed by atoms with Gasteiger partial charge in [-0.3, -0.25) is 9.69 Å². The van der Waals surface area contributed by atoms with Gasteiger partial charge in [0.15, 0.2) is 5.76 Å². The molecule has 0 saturated heterocycles. The van der Waals surface area contributed by atoms with Crippen molar-refractivity contribution >= 4 is 46.7 Å². The van der Waals surface area contributed by atoms with Crippen LogP contribution in [0.3, 0.4) is 0 Å². The zero-order chi connectivity index (χ0) is 21.5. The van der Waals surface area contributed by atoms with Crippen molar-refractivity contribution in [1.29, 1.82) is 0 Å². The number of hydrogen-bond donors (Lipinski definition) is 0. The topological polar surface area (TPSA) is 38.8 Å². The maximum absolute atomic E-state index is 13.0. The Morgan fingerprint density at radius 2 is 1.68 bits per heavy atom. The van der Waals surface area contributed by atoms with Crippen molar-refractivity contribution < 1.29 is 14.3 Å². The van der Waals surface area contributed by atoms with Crippen molar-refractivity contribution in [3.8, 4) is 11.5 Å². The molecule has 0 N–H and O–H groups in total. The molecule has 2 aliphatic rings. The summed E-state index contributed by atoms with van der Waals surface area (Å²) < 4.78 is 11.9. The molecule has 2 heterocycles. The first kappa shape index (κ1) is 20.4. The van der Waals surface area contributed by atoms with Crippen molar-refractivity contribution in [2.45, 2.75) is 13.1 Å². The number of halogens is 3. The highest BCUT2D eigenvalue weighted by molar-refractivity contribution is 6.37. The van der Waals surface area contributed by atoms with E-state index in [1.54, 1.807) is 30.3 Å².